The lowest BCUT2D eigenvalue weighted by molar-refractivity contribution is 0.0755. The summed E-state index contributed by atoms with van der Waals surface area (Å²) >= 11 is 0. The molecule has 0 spiro atoms. The second-order valence-electron chi connectivity index (χ2n) is 12.4. The Bertz CT molecular complexity index is 1950. The monoisotopic (exact) mass is 590 g/mol. The van der Waals surface area contributed by atoms with E-state index in [1.165, 1.54) is 22.9 Å². The van der Waals surface area contributed by atoms with Crippen LogP contribution in [0.1, 0.15) is 50.8 Å². The van der Waals surface area contributed by atoms with Crippen molar-refractivity contribution < 1.29 is 22.3 Å². The fourth-order valence-electron chi connectivity index (χ4n) is 5.49. The van der Waals surface area contributed by atoms with E-state index in [1.807, 2.05) is 39.8 Å². The lowest BCUT2D eigenvalue weighted by atomic mass is 9.85. The molecule has 0 amide bonds. The largest absolute Gasteiger partial charge is 0.384 e. The third kappa shape index (κ3) is 5.03. The van der Waals surface area contributed by atoms with Crippen LogP contribution in [0.15, 0.2) is 59.8 Å². The summed E-state index contributed by atoms with van der Waals surface area (Å²) in [5.74, 6) is -0.493. The molecule has 5 rings (SSSR count). The van der Waals surface area contributed by atoms with Gasteiger partial charge >= 0.3 is 0 Å². The molecule has 0 aliphatic rings. The van der Waals surface area contributed by atoms with Gasteiger partial charge in [-0.15, -0.1) is 0 Å². The van der Waals surface area contributed by atoms with Crippen molar-refractivity contribution in [1.82, 2.24) is 19.3 Å². The first-order chi connectivity index (χ1) is 19.5. The van der Waals surface area contributed by atoms with E-state index in [9.17, 15) is 17.6 Å². The van der Waals surface area contributed by atoms with Crippen LogP contribution >= 0.6 is 0 Å². The summed E-state index contributed by atoms with van der Waals surface area (Å²) in [6, 6.07) is 13.5. The number of sulfone groups is 1. The number of methoxy groups -OCH3 is 1. The maximum Gasteiger partial charge on any atom is 0.252 e. The van der Waals surface area contributed by atoms with Crippen LogP contribution in [0.2, 0.25) is 0 Å². The first kappa shape index (κ1) is 29.6. The number of halogens is 1. The minimum atomic E-state index is -3.51. The number of carbonyl (C=O) groups is 1. The number of fused-ring (bicyclic) bond motifs is 2. The Balaban J connectivity index is 1.98. The fourth-order valence-corrected chi connectivity index (χ4v) is 6.04. The standard InChI is InChI=1S/C32H35FN4O4S/c1-19-23-15-25-24(16-26(23)37(35-19)30(38)31(2,3)4)28(20-9-14-27(34-17-20)42(8,39)40)29(32(5,6)18-41-7)36(25)22-12-10-21(33)11-13-22/h9-17H,18H2,1-8H3. The van der Waals surface area contributed by atoms with Crippen LogP contribution in [0.5, 0.6) is 0 Å². The van der Waals surface area contributed by atoms with Gasteiger partial charge in [-0.2, -0.15) is 9.78 Å². The molecule has 2 aromatic carbocycles. The van der Waals surface area contributed by atoms with Crippen LogP contribution in [-0.2, 0) is 20.0 Å². The molecule has 0 aliphatic heterocycles. The Morgan fingerprint density at radius 3 is 2.17 bits per heavy atom. The fraction of sp³-hybridized carbons (Fsp3) is 0.344. The molecule has 220 valence electrons. The Morgan fingerprint density at radius 1 is 0.976 bits per heavy atom. The van der Waals surface area contributed by atoms with Crippen LogP contribution in [0.4, 0.5) is 4.39 Å². The predicted octanol–water partition coefficient (Wildman–Crippen LogP) is 6.50. The Hall–Kier alpha value is -3.89. The third-order valence-electron chi connectivity index (χ3n) is 7.42. The van der Waals surface area contributed by atoms with Gasteiger partial charge in [0.05, 0.1) is 23.3 Å². The van der Waals surface area contributed by atoms with E-state index < -0.39 is 20.7 Å². The number of hydrogen-bond donors (Lipinski definition) is 0. The van der Waals surface area contributed by atoms with Crippen LogP contribution in [0.25, 0.3) is 38.6 Å². The Kier molecular flexibility index (Phi) is 7.14. The van der Waals surface area contributed by atoms with Gasteiger partial charge in [0.2, 0.25) is 0 Å². The highest BCUT2D eigenvalue weighted by Gasteiger charge is 2.34. The number of aromatic nitrogens is 4. The molecule has 0 saturated heterocycles. The molecular formula is C32H35FN4O4S. The summed E-state index contributed by atoms with van der Waals surface area (Å²) in [6.07, 6.45) is 2.68. The minimum Gasteiger partial charge on any atom is -0.384 e. The first-order valence-corrected chi connectivity index (χ1v) is 15.5. The quantitative estimate of drug-likeness (QED) is 0.224. The van der Waals surface area contributed by atoms with Crippen molar-refractivity contribution in [2.24, 2.45) is 5.41 Å². The zero-order chi connectivity index (χ0) is 30.8. The van der Waals surface area contributed by atoms with Crippen molar-refractivity contribution in [3.63, 3.8) is 0 Å². The minimum absolute atomic E-state index is 0.0295. The summed E-state index contributed by atoms with van der Waals surface area (Å²) in [5, 5.41) is 6.22. The summed E-state index contributed by atoms with van der Waals surface area (Å²) in [4.78, 5) is 17.8. The molecule has 0 N–H and O–H groups in total. The second kappa shape index (κ2) is 10.1. The van der Waals surface area contributed by atoms with Gasteiger partial charge in [0.25, 0.3) is 5.91 Å². The Labute approximate surface area is 245 Å². The number of carbonyl (C=O) groups excluding carboxylic acids is 1. The molecule has 0 fully saturated rings. The van der Waals surface area contributed by atoms with E-state index >= 15 is 0 Å². The molecule has 0 unspecified atom stereocenters. The normalized spacial score (nSPS) is 12.9. The molecule has 0 bridgehead atoms. The van der Waals surface area contributed by atoms with Crippen molar-refractivity contribution in [3.8, 4) is 16.8 Å². The van der Waals surface area contributed by atoms with Crippen LogP contribution in [-0.4, -0.2) is 53.6 Å². The zero-order valence-electron chi connectivity index (χ0n) is 25.1. The molecular weight excluding hydrogens is 555 g/mol. The van der Waals surface area contributed by atoms with E-state index in [-0.39, 0.29) is 16.8 Å². The third-order valence-corrected chi connectivity index (χ3v) is 8.42. The molecule has 8 nitrogen and oxygen atoms in total. The molecule has 42 heavy (non-hydrogen) atoms. The molecule has 0 atom stereocenters. The van der Waals surface area contributed by atoms with Crippen molar-refractivity contribution in [3.05, 3.63) is 71.9 Å². The molecule has 0 radical (unpaired) electrons. The number of aryl methyl sites for hydroxylation is 1. The van der Waals surface area contributed by atoms with E-state index in [0.29, 0.717) is 23.4 Å². The van der Waals surface area contributed by atoms with Gasteiger partial charge < -0.3 is 9.30 Å². The molecule has 5 aromatic rings. The smallest absolute Gasteiger partial charge is 0.252 e. The van der Waals surface area contributed by atoms with Gasteiger partial charge in [-0.1, -0.05) is 34.6 Å². The highest BCUT2D eigenvalue weighted by atomic mass is 32.2. The summed E-state index contributed by atoms with van der Waals surface area (Å²) < 4.78 is 47.7. The predicted molar refractivity (Wildman–Crippen MR) is 163 cm³/mol. The lowest BCUT2D eigenvalue weighted by Crippen LogP contribution is -2.27. The molecule has 0 saturated carbocycles. The van der Waals surface area contributed by atoms with Gasteiger partial charge in [-0.05, 0) is 55.5 Å². The summed E-state index contributed by atoms with van der Waals surface area (Å²) in [7, 11) is -1.87. The van der Waals surface area contributed by atoms with Gasteiger partial charge in [0, 0.05) is 63.7 Å². The van der Waals surface area contributed by atoms with E-state index in [4.69, 9.17) is 4.74 Å². The average Bonchev–Trinajstić information content (AvgIpc) is 3.41. The van der Waals surface area contributed by atoms with Crippen molar-refractivity contribution in [2.75, 3.05) is 20.0 Å². The SMILES string of the molecule is COCC(C)(C)c1c(-c2ccc(S(C)(=O)=O)nc2)c2cc3c(cc2n1-c1ccc(F)cc1)c(C)nn3C(=O)C(C)(C)C. The maximum atomic E-state index is 14.1. The van der Waals surface area contributed by atoms with Crippen LogP contribution in [0, 0.1) is 18.2 Å². The van der Waals surface area contributed by atoms with Crippen LogP contribution < -0.4 is 0 Å². The number of nitrogens with zero attached hydrogens (tertiary/aromatic N) is 4. The van der Waals surface area contributed by atoms with Gasteiger partial charge in [0.15, 0.2) is 14.9 Å². The average molecular weight is 591 g/mol. The molecule has 3 heterocycles. The number of hydrogen-bond acceptors (Lipinski definition) is 6. The Morgan fingerprint density at radius 2 is 1.62 bits per heavy atom. The number of ether oxygens (including phenoxy) is 1. The first-order valence-electron chi connectivity index (χ1n) is 13.6. The highest BCUT2D eigenvalue weighted by molar-refractivity contribution is 7.90. The number of benzene rings is 2. The van der Waals surface area contributed by atoms with Gasteiger partial charge in [-0.25, -0.2) is 17.8 Å². The molecule has 3 aromatic heterocycles. The number of pyridine rings is 1. The summed E-state index contributed by atoms with van der Waals surface area (Å²) in [6.45, 7) is 11.9. The molecule has 0 aliphatic carbocycles. The number of rotatable bonds is 6. The highest BCUT2D eigenvalue weighted by Crippen LogP contribution is 2.44. The van der Waals surface area contributed by atoms with Crippen LogP contribution in [0.3, 0.4) is 0 Å². The van der Waals surface area contributed by atoms with E-state index in [2.05, 4.69) is 28.5 Å². The van der Waals surface area contributed by atoms with Crippen molar-refractivity contribution in [2.45, 2.75) is 52.0 Å². The topological polar surface area (TPSA) is 96.1 Å². The maximum absolute atomic E-state index is 14.1. The summed E-state index contributed by atoms with van der Waals surface area (Å²) in [5.41, 5.74) is 4.05. The lowest BCUT2D eigenvalue weighted by Gasteiger charge is -2.28. The molecule has 10 heteroatoms. The van der Waals surface area contributed by atoms with Gasteiger partial charge in [-0.3, -0.25) is 4.79 Å². The van der Waals surface area contributed by atoms with Crippen molar-refractivity contribution >= 4 is 37.6 Å². The van der Waals surface area contributed by atoms with Gasteiger partial charge in [0.1, 0.15) is 5.82 Å². The second-order valence-corrected chi connectivity index (χ2v) is 14.4. The van der Waals surface area contributed by atoms with E-state index in [0.717, 1.165) is 39.5 Å². The zero-order valence-corrected chi connectivity index (χ0v) is 25.9. The van der Waals surface area contributed by atoms with E-state index in [1.54, 1.807) is 31.5 Å². The van der Waals surface area contributed by atoms with Crippen molar-refractivity contribution in [1.29, 1.82) is 0 Å².